The first-order valence-corrected chi connectivity index (χ1v) is 6.61. The van der Waals surface area contributed by atoms with Crippen LogP contribution in [0.3, 0.4) is 0 Å². The van der Waals surface area contributed by atoms with Crippen molar-refractivity contribution in [2.24, 2.45) is 5.92 Å². The van der Waals surface area contributed by atoms with Gasteiger partial charge in [0.1, 0.15) is 0 Å². The summed E-state index contributed by atoms with van der Waals surface area (Å²) >= 11 is 3.40. The van der Waals surface area contributed by atoms with Gasteiger partial charge in [0.25, 0.3) is 0 Å². The van der Waals surface area contributed by atoms with Gasteiger partial charge in [-0.1, -0.05) is 36.2 Å². The predicted molar refractivity (Wildman–Crippen MR) is 83.2 cm³/mol. The fourth-order valence-corrected chi connectivity index (χ4v) is 2.25. The van der Waals surface area contributed by atoms with Crippen LogP contribution in [0.5, 0.6) is 0 Å². The van der Waals surface area contributed by atoms with Gasteiger partial charge in [0.15, 0.2) is 0 Å². The number of carbonyl (C=O) groups is 1. The van der Waals surface area contributed by atoms with Crippen molar-refractivity contribution in [2.45, 2.75) is 33.6 Å². The molecule has 1 aromatic rings. The largest absolute Gasteiger partial charge is 0.397 e. The van der Waals surface area contributed by atoms with Crippen molar-refractivity contribution in [3.05, 3.63) is 22.2 Å². The van der Waals surface area contributed by atoms with Crippen LogP contribution in [-0.4, -0.2) is 5.91 Å². The number of benzene rings is 1. The summed E-state index contributed by atoms with van der Waals surface area (Å²) < 4.78 is 0.919. The Balaban J connectivity index is 0.00000289. The molecule has 1 amide bonds. The van der Waals surface area contributed by atoms with Gasteiger partial charge in [0.2, 0.25) is 5.91 Å². The first-order valence-electron chi connectivity index (χ1n) is 5.82. The van der Waals surface area contributed by atoms with E-state index in [1.165, 1.54) is 0 Å². The van der Waals surface area contributed by atoms with E-state index in [1.807, 2.05) is 26.0 Å². The highest BCUT2D eigenvalue weighted by molar-refractivity contribution is 9.10. The molecule has 18 heavy (non-hydrogen) atoms. The van der Waals surface area contributed by atoms with Crippen LogP contribution < -0.4 is 11.1 Å². The molecule has 0 fully saturated rings. The summed E-state index contributed by atoms with van der Waals surface area (Å²) in [6, 6.07) is 3.76. The number of nitrogens with two attached hydrogens (primary N) is 1. The summed E-state index contributed by atoms with van der Waals surface area (Å²) in [5, 5.41) is 2.88. The number of halogens is 2. The van der Waals surface area contributed by atoms with Gasteiger partial charge >= 0.3 is 0 Å². The Hall–Kier alpha value is -0.740. The highest BCUT2D eigenvalue weighted by atomic mass is 79.9. The van der Waals surface area contributed by atoms with E-state index in [4.69, 9.17) is 5.73 Å². The molecule has 3 nitrogen and oxygen atoms in total. The van der Waals surface area contributed by atoms with E-state index in [-0.39, 0.29) is 24.2 Å². The van der Waals surface area contributed by atoms with Crippen molar-refractivity contribution < 1.29 is 4.79 Å². The van der Waals surface area contributed by atoms with Crippen LogP contribution in [-0.2, 0) is 4.79 Å². The zero-order valence-electron chi connectivity index (χ0n) is 10.9. The highest BCUT2D eigenvalue weighted by Gasteiger charge is 2.14. The number of amides is 1. The van der Waals surface area contributed by atoms with Crippen LogP contribution in [0.4, 0.5) is 11.4 Å². The number of nitrogens with one attached hydrogen (secondary N) is 1. The molecule has 3 N–H and O–H groups in total. The van der Waals surface area contributed by atoms with Gasteiger partial charge in [-0.25, -0.2) is 0 Å². The molecule has 0 spiro atoms. The molecule has 0 heterocycles. The monoisotopic (exact) mass is 334 g/mol. The average molecular weight is 336 g/mol. The molecule has 1 unspecified atom stereocenters. The lowest BCUT2D eigenvalue weighted by atomic mass is 10.1. The quantitative estimate of drug-likeness (QED) is 0.813. The Kier molecular flexibility index (Phi) is 7.33. The molecule has 0 saturated carbocycles. The molecule has 0 bridgehead atoms. The van der Waals surface area contributed by atoms with E-state index >= 15 is 0 Å². The van der Waals surface area contributed by atoms with Crippen LogP contribution >= 0.6 is 28.3 Å². The molecule has 0 aromatic heterocycles. The molecule has 0 aliphatic carbocycles. The van der Waals surface area contributed by atoms with E-state index in [2.05, 4.69) is 28.2 Å². The average Bonchev–Trinajstić information content (AvgIpc) is 2.25. The second-order valence-corrected chi connectivity index (χ2v) is 5.28. The summed E-state index contributed by atoms with van der Waals surface area (Å²) in [6.45, 7) is 5.92. The van der Waals surface area contributed by atoms with Gasteiger partial charge in [-0.05, 0) is 31.0 Å². The topological polar surface area (TPSA) is 55.1 Å². The van der Waals surface area contributed by atoms with E-state index in [0.29, 0.717) is 11.4 Å². The molecule has 0 radical (unpaired) electrons. The van der Waals surface area contributed by atoms with Crippen molar-refractivity contribution in [3.63, 3.8) is 0 Å². The minimum Gasteiger partial charge on any atom is -0.397 e. The Morgan fingerprint density at radius 1 is 1.50 bits per heavy atom. The highest BCUT2D eigenvalue weighted by Crippen LogP contribution is 2.28. The normalized spacial score (nSPS) is 11.6. The summed E-state index contributed by atoms with van der Waals surface area (Å²) in [5.41, 5.74) is 8.21. The van der Waals surface area contributed by atoms with Crippen LogP contribution in [0.25, 0.3) is 0 Å². The molecule has 1 aromatic carbocycles. The summed E-state index contributed by atoms with van der Waals surface area (Å²) in [7, 11) is 0. The predicted octanol–water partition coefficient (Wildman–Crippen LogP) is 4.14. The van der Waals surface area contributed by atoms with E-state index in [9.17, 15) is 4.79 Å². The van der Waals surface area contributed by atoms with Crippen LogP contribution in [0.15, 0.2) is 16.6 Å². The molecule has 1 atom stereocenters. The second-order valence-electron chi connectivity index (χ2n) is 4.36. The first kappa shape index (κ1) is 17.3. The van der Waals surface area contributed by atoms with Crippen LogP contribution in [0.1, 0.15) is 32.3 Å². The van der Waals surface area contributed by atoms with Crippen molar-refractivity contribution in [3.8, 4) is 0 Å². The standard InChI is InChI=1S/C13H19BrN2O.ClH/c1-4-5-8(2)13(17)16-11-7-10(14)6-9(3)12(11)15;/h6-8H,4-5,15H2,1-3H3,(H,16,17);1H. The second kappa shape index (κ2) is 7.64. The van der Waals surface area contributed by atoms with Crippen LogP contribution in [0, 0.1) is 12.8 Å². The Morgan fingerprint density at radius 3 is 2.67 bits per heavy atom. The Morgan fingerprint density at radius 2 is 2.11 bits per heavy atom. The zero-order valence-corrected chi connectivity index (χ0v) is 13.3. The smallest absolute Gasteiger partial charge is 0.227 e. The minimum atomic E-state index is 0. The maximum Gasteiger partial charge on any atom is 0.227 e. The fourth-order valence-electron chi connectivity index (χ4n) is 1.68. The SMILES string of the molecule is CCCC(C)C(=O)Nc1cc(Br)cc(C)c1N.Cl. The summed E-state index contributed by atoms with van der Waals surface area (Å²) in [6.07, 6.45) is 1.89. The van der Waals surface area contributed by atoms with Gasteiger partial charge < -0.3 is 11.1 Å². The van der Waals surface area contributed by atoms with Gasteiger partial charge in [0.05, 0.1) is 11.4 Å². The molecular formula is C13H20BrClN2O. The molecule has 102 valence electrons. The van der Waals surface area contributed by atoms with Crippen molar-refractivity contribution in [1.29, 1.82) is 0 Å². The number of aryl methyl sites for hydroxylation is 1. The van der Waals surface area contributed by atoms with Crippen molar-refractivity contribution >= 4 is 45.6 Å². The lowest BCUT2D eigenvalue weighted by Crippen LogP contribution is -2.21. The molecule has 5 heteroatoms. The minimum absolute atomic E-state index is 0. The number of anilines is 2. The third kappa shape index (κ3) is 4.50. The maximum atomic E-state index is 11.9. The maximum absolute atomic E-state index is 11.9. The molecule has 0 saturated heterocycles. The molecular weight excluding hydrogens is 316 g/mol. The van der Waals surface area contributed by atoms with E-state index < -0.39 is 0 Å². The Labute approximate surface area is 123 Å². The number of carbonyl (C=O) groups excluding carboxylic acids is 1. The fraction of sp³-hybridized carbons (Fsp3) is 0.462. The number of rotatable bonds is 4. The van der Waals surface area contributed by atoms with Crippen molar-refractivity contribution in [1.82, 2.24) is 0 Å². The number of hydrogen-bond donors (Lipinski definition) is 2. The third-order valence-corrected chi connectivity index (χ3v) is 3.24. The molecule has 0 aliphatic heterocycles. The van der Waals surface area contributed by atoms with Gasteiger partial charge in [-0.2, -0.15) is 0 Å². The van der Waals surface area contributed by atoms with Gasteiger partial charge in [0, 0.05) is 10.4 Å². The van der Waals surface area contributed by atoms with E-state index in [1.54, 1.807) is 0 Å². The molecule has 0 aliphatic rings. The van der Waals surface area contributed by atoms with Gasteiger partial charge in [-0.3, -0.25) is 4.79 Å². The summed E-state index contributed by atoms with van der Waals surface area (Å²) in [4.78, 5) is 11.9. The van der Waals surface area contributed by atoms with Crippen molar-refractivity contribution in [2.75, 3.05) is 11.1 Å². The first-order chi connectivity index (χ1) is 7.95. The number of hydrogen-bond acceptors (Lipinski definition) is 2. The Bertz CT molecular complexity index is 424. The van der Waals surface area contributed by atoms with E-state index in [0.717, 1.165) is 22.9 Å². The number of nitrogen functional groups attached to an aromatic ring is 1. The molecule has 1 rings (SSSR count). The lowest BCUT2D eigenvalue weighted by molar-refractivity contribution is -0.119. The third-order valence-electron chi connectivity index (χ3n) is 2.78. The van der Waals surface area contributed by atoms with Gasteiger partial charge in [-0.15, -0.1) is 12.4 Å². The summed E-state index contributed by atoms with van der Waals surface area (Å²) in [5.74, 6) is 0.0368. The van der Waals surface area contributed by atoms with Crippen LogP contribution in [0.2, 0.25) is 0 Å². The zero-order chi connectivity index (χ0) is 13.0. The lowest BCUT2D eigenvalue weighted by Gasteiger charge is -2.14.